The Morgan fingerprint density at radius 2 is 1.85 bits per heavy atom. The molecule has 0 amide bonds. The minimum absolute atomic E-state index is 0.182. The van der Waals surface area contributed by atoms with Gasteiger partial charge < -0.3 is 0 Å². The molecule has 0 aliphatic rings. The third kappa shape index (κ3) is 2.14. The van der Waals surface area contributed by atoms with E-state index in [1.165, 1.54) is 15.8 Å². The van der Waals surface area contributed by atoms with Gasteiger partial charge in [-0.3, -0.25) is 4.79 Å². The van der Waals surface area contributed by atoms with Gasteiger partial charge in [-0.25, -0.2) is 0 Å². The molecule has 2 heteroatoms. The molecule has 3 aromatic rings. The van der Waals surface area contributed by atoms with Crippen molar-refractivity contribution < 1.29 is 0 Å². The maximum absolute atomic E-state index is 12.7. The van der Waals surface area contributed by atoms with Crippen LogP contribution >= 0.6 is 11.3 Å². The minimum atomic E-state index is 0.182. The van der Waals surface area contributed by atoms with E-state index in [1.807, 2.05) is 24.3 Å². The third-order valence-electron chi connectivity index (χ3n) is 3.74. The summed E-state index contributed by atoms with van der Waals surface area (Å²) in [5.41, 5.74) is 2.78. The van der Waals surface area contributed by atoms with Crippen LogP contribution < -0.4 is 5.43 Å². The Kier molecular flexibility index (Phi) is 3.58. The second-order valence-corrected chi connectivity index (χ2v) is 6.21. The first-order valence-electron chi connectivity index (χ1n) is 7.22. The lowest BCUT2D eigenvalue weighted by atomic mass is 10.0. The van der Waals surface area contributed by atoms with Gasteiger partial charge in [-0.2, -0.15) is 0 Å². The van der Waals surface area contributed by atoms with Gasteiger partial charge >= 0.3 is 0 Å². The van der Waals surface area contributed by atoms with Crippen LogP contribution in [0.25, 0.3) is 20.2 Å². The maximum Gasteiger partial charge on any atom is 0.195 e. The zero-order chi connectivity index (χ0) is 14.1. The Bertz CT molecular complexity index is 830. The van der Waals surface area contributed by atoms with E-state index in [9.17, 15) is 4.79 Å². The number of aryl methyl sites for hydroxylation is 2. The Balaban J connectivity index is 2.46. The third-order valence-corrected chi connectivity index (χ3v) is 5.00. The average molecular weight is 282 g/mol. The van der Waals surface area contributed by atoms with E-state index in [0.29, 0.717) is 0 Å². The molecule has 102 valence electrons. The molecule has 1 heterocycles. The van der Waals surface area contributed by atoms with Gasteiger partial charge in [0.25, 0.3) is 0 Å². The molecule has 0 saturated heterocycles. The fraction of sp³-hybridized carbons (Fsp3) is 0.278. The molecule has 0 bridgehead atoms. The molecule has 0 radical (unpaired) electrons. The van der Waals surface area contributed by atoms with Gasteiger partial charge in [0.2, 0.25) is 0 Å². The topological polar surface area (TPSA) is 17.1 Å². The number of hydrogen-bond donors (Lipinski definition) is 0. The van der Waals surface area contributed by atoms with Gasteiger partial charge in [0, 0.05) is 20.2 Å². The molecule has 3 rings (SSSR count). The molecule has 1 aromatic heterocycles. The first-order chi connectivity index (χ1) is 9.74. The van der Waals surface area contributed by atoms with E-state index in [-0.39, 0.29) is 5.43 Å². The molecular formula is C18H18OS. The highest BCUT2D eigenvalue weighted by atomic mass is 32.1. The van der Waals surface area contributed by atoms with Crippen molar-refractivity contribution in [2.45, 2.75) is 33.1 Å². The zero-order valence-electron chi connectivity index (χ0n) is 11.9. The van der Waals surface area contributed by atoms with Crippen molar-refractivity contribution in [1.82, 2.24) is 0 Å². The summed E-state index contributed by atoms with van der Waals surface area (Å²) in [6.45, 7) is 4.33. The standard InChI is InChI=1S/C18H18OS/c1-3-7-13-10-12(4-2)11-15-17(19)14-8-5-6-9-16(14)20-18(13)15/h5-6,8-11H,3-4,7H2,1-2H3. The summed E-state index contributed by atoms with van der Waals surface area (Å²) in [5.74, 6) is 0. The largest absolute Gasteiger partial charge is 0.289 e. The van der Waals surface area contributed by atoms with E-state index < -0.39 is 0 Å². The van der Waals surface area contributed by atoms with Crippen molar-refractivity contribution in [3.05, 3.63) is 57.7 Å². The van der Waals surface area contributed by atoms with Crippen LogP contribution in [0.15, 0.2) is 41.2 Å². The van der Waals surface area contributed by atoms with Crippen molar-refractivity contribution in [2.75, 3.05) is 0 Å². The van der Waals surface area contributed by atoms with Crippen LogP contribution in [0.4, 0.5) is 0 Å². The van der Waals surface area contributed by atoms with Gasteiger partial charge in [-0.1, -0.05) is 38.5 Å². The molecule has 0 unspecified atom stereocenters. The van der Waals surface area contributed by atoms with Gasteiger partial charge in [-0.15, -0.1) is 11.3 Å². The van der Waals surface area contributed by atoms with Crippen LogP contribution in [0.3, 0.4) is 0 Å². The number of benzene rings is 2. The van der Waals surface area contributed by atoms with Gasteiger partial charge in [-0.05, 0) is 42.2 Å². The lowest BCUT2D eigenvalue weighted by Crippen LogP contribution is -2.03. The minimum Gasteiger partial charge on any atom is -0.289 e. The second-order valence-electron chi connectivity index (χ2n) is 5.16. The number of rotatable bonds is 3. The SMILES string of the molecule is CCCc1cc(CC)cc2c(=O)c3ccccc3sc12. The van der Waals surface area contributed by atoms with Gasteiger partial charge in [0.1, 0.15) is 0 Å². The van der Waals surface area contributed by atoms with Crippen molar-refractivity contribution in [3.8, 4) is 0 Å². The van der Waals surface area contributed by atoms with Crippen LogP contribution in [0, 0.1) is 0 Å². The van der Waals surface area contributed by atoms with Crippen molar-refractivity contribution in [1.29, 1.82) is 0 Å². The first-order valence-corrected chi connectivity index (χ1v) is 8.03. The molecule has 1 nitrogen and oxygen atoms in total. The molecule has 0 atom stereocenters. The summed E-state index contributed by atoms with van der Waals surface area (Å²) in [7, 11) is 0. The predicted octanol–water partition coefficient (Wildman–Crippen LogP) is 4.93. The van der Waals surface area contributed by atoms with Gasteiger partial charge in [0.15, 0.2) is 5.43 Å². The van der Waals surface area contributed by atoms with Crippen molar-refractivity contribution in [2.24, 2.45) is 0 Å². The van der Waals surface area contributed by atoms with Crippen LogP contribution in [-0.4, -0.2) is 0 Å². The van der Waals surface area contributed by atoms with E-state index >= 15 is 0 Å². The molecular weight excluding hydrogens is 264 g/mol. The quantitative estimate of drug-likeness (QED) is 0.622. The lowest BCUT2D eigenvalue weighted by Gasteiger charge is -2.09. The van der Waals surface area contributed by atoms with Crippen molar-refractivity contribution in [3.63, 3.8) is 0 Å². The Labute approximate surface area is 122 Å². The summed E-state index contributed by atoms with van der Waals surface area (Å²) < 4.78 is 2.26. The molecule has 0 aliphatic carbocycles. The molecule has 0 spiro atoms. The summed E-state index contributed by atoms with van der Waals surface area (Å²) in [6.07, 6.45) is 3.12. The predicted molar refractivity (Wildman–Crippen MR) is 89.0 cm³/mol. The Morgan fingerprint density at radius 1 is 1.05 bits per heavy atom. The fourth-order valence-corrected chi connectivity index (χ4v) is 3.89. The summed E-state index contributed by atoms with van der Waals surface area (Å²) in [6, 6.07) is 12.3. The molecule has 2 aromatic carbocycles. The maximum atomic E-state index is 12.7. The highest BCUT2D eigenvalue weighted by Gasteiger charge is 2.10. The summed E-state index contributed by atoms with van der Waals surface area (Å²) >= 11 is 1.75. The van der Waals surface area contributed by atoms with Crippen molar-refractivity contribution >= 4 is 31.5 Å². The summed E-state index contributed by atoms with van der Waals surface area (Å²) in [5, 5.41) is 1.75. The molecule has 20 heavy (non-hydrogen) atoms. The fourth-order valence-electron chi connectivity index (χ4n) is 2.70. The number of hydrogen-bond acceptors (Lipinski definition) is 2. The van der Waals surface area contributed by atoms with Crippen LogP contribution in [0.5, 0.6) is 0 Å². The first kappa shape index (κ1) is 13.3. The smallest absolute Gasteiger partial charge is 0.195 e. The van der Waals surface area contributed by atoms with Gasteiger partial charge in [0.05, 0.1) is 0 Å². The number of fused-ring (bicyclic) bond motifs is 2. The lowest BCUT2D eigenvalue weighted by molar-refractivity contribution is 0.927. The van der Waals surface area contributed by atoms with E-state index in [1.54, 1.807) is 11.3 Å². The Hall–Kier alpha value is -1.67. The second kappa shape index (κ2) is 5.37. The average Bonchev–Trinajstić information content (AvgIpc) is 2.48. The van der Waals surface area contributed by atoms with Crippen LogP contribution in [0.2, 0.25) is 0 Å². The normalized spacial score (nSPS) is 11.3. The van der Waals surface area contributed by atoms with Crippen LogP contribution in [-0.2, 0) is 12.8 Å². The molecule has 0 aliphatic heterocycles. The Morgan fingerprint density at radius 3 is 2.60 bits per heavy atom. The zero-order valence-corrected chi connectivity index (χ0v) is 12.7. The molecule has 0 fully saturated rings. The highest BCUT2D eigenvalue weighted by Crippen LogP contribution is 2.29. The monoisotopic (exact) mass is 282 g/mol. The molecule has 0 N–H and O–H groups in total. The van der Waals surface area contributed by atoms with E-state index in [2.05, 4.69) is 26.0 Å². The highest BCUT2D eigenvalue weighted by molar-refractivity contribution is 7.24. The summed E-state index contributed by atoms with van der Waals surface area (Å²) in [4.78, 5) is 12.7. The van der Waals surface area contributed by atoms with Crippen LogP contribution in [0.1, 0.15) is 31.4 Å². The van der Waals surface area contributed by atoms with E-state index in [4.69, 9.17) is 0 Å². The molecule has 0 saturated carbocycles. The van der Waals surface area contributed by atoms with E-state index in [0.717, 1.165) is 34.7 Å².